The zero-order valence-electron chi connectivity index (χ0n) is 18.6. The summed E-state index contributed by atoms with van der Waals surface area (Å²) in [5.41, 5.74) is 1.51. The summed E-state index contributed by atoms with van der Waals surface area (Å²) in [7, 11) is 0. The van der Waals surface area contributed by atoms with Gasteiger partial charge >= 0.3 is 11.9 Å². The van der Waals surface area contributed by atoms with Crippen LogP contribution in [-0.4, -0.2) is 73.5 Å². The number of aliphatic carboxylic acids is 2. The SMILES string of the molecule is C(=CC(COCC1CO1)OCC1CO1)c1ccccc1.C=C(C)C(=O)O.C=C(C)C(=O)O. The first-order chi connectivity index (χ1) is 15.2. The second-order valence-electron chi connectivity index (χ2n) is 7.26. The molecule has 0 amide bonds. The summed E-state index contributed by atoms with van der Waals surface area (Å²) in [4.78, 5) is 19.2. The summed E-state index contributed by atoms with van der Waals surface area (Å²) in [5.74, 6) is -1.87. The summed E-state index contributed by atoms with van der Waals surface area (Å²) in [6.45, 7) is 12.7. The van der Waals surface area contributed by atoms with Crippen LogP contribution in [-0.2, 0) is 28.5 Å². The first kappa shape index (κ1) is 27.3. The monoisotopic (exact) mass is 448 g/mol. The van der Waals surface area contributed by atoms with Crippen molar-refractivity contribution in [2.24, 2.45) is 0 Å². The predicted molar refractivity (Wildman–Crippen MR) is 120 cm³/mol. The Bertz CT molecular complexity index is 715. The minimum atomic E-state index is -0.935. The maximum atomic E-state index is 9.60. The lowest BCUT2D eigenvalue weighted by Crippen LogP contribution is -2.21. The molecule has 3 unspecified atom stereocenters. The van der Waals surface area contributed by atoms with Crippen LogP contribution in [0.5, 0.6) is 0 Å². The van der Waals surface area contributed by atoms with Gasteiger partial charge in [0, 0.05) is 11.1 Å². The number of carboxylic acid groups (broad SMARTS) is 2. The first-order valence-electron chi connectivity index (χ1n) is 10.1. The van der Waals surface area contributed by atoms with Gasteiger partial charge < -0.3 is 29.2 Å². The van der Waals surface area contributed by atoms with Crippen LogP contribution < -0.4 is 0 Å². The van der Waals surface area contributed by atoms with Crippen molar-refractivity contribution in [2.45, 2.75) is 32.2 Å². The molecule has 8 heteroatoms. The molecule has 2 N–H and O–H groups in total. The molecule has 3 atom stereocenters. The molecule has 2 aliphatic heterocycles. The molecule has 0 spiro atoms. The summed E-state index contributed by atoms with van der Waals surface area (Å²) in [5, 5.41) is 15.8. The number of hydrogen-bond acceptors (Lipinski definition) is 6. The number of carboxylic acids is 2. The molecule has 2 saturated heterocycles. The van der Waals surface area contributed by atoms with Gasteiger partial charge in [0.05, 0.1) is 39.1 Å². The number of epoxide rings is 2. The fourth-order valence-electron chi connectivity index (χ4n) is 1.82. The summed E-state index contributed by atoms with van der Waals surface area (Å²) < 4.78 is 21.7. The number of hydrogen-bond donors (Lipinski definition) is 2. The van der Waals surface area contributed by atoms with Crippen molar-refractivity contribution >= 4 is 18.0 Å². The van der Waals surface area contributed by atoms with Crippen LogP contribution >= 0.6 is 0 Å². The van der Waals surface area contributed by atoms with Gasteiger partial charge in [-0.05, 0) is 19.4 Å². The molecule has 8 nitrogen and oxygen atoms in total. The maximum absolute atomic E-state index is 9.60. The van der Waals surface area contributed by atoms with Gasteiger partial charge in [-0.1, -0.05) is 55.6 Å². The van der Waals surface area contributed by atoms with Gasteiger partial charge in [0.2, 0.25) is 0 Å². The van der Waals surface area contributed by atoms with Crippen LogP contribution in [0.4, 0.5) is 0 Å². The maximum Gasteiger partial charge on any atom is 0.330 e. The van der Waals surface area contributed by atoms with Gasteiger partial charge in [-0.2, -0.15) is 0 Å². The second-order valence-corrected chi connectivity index (χ2v) is 7.26. The lowest BCUT2D eigenvalue weighted by Gasteiger charge is -2.13. The fraction of sp³-hybridized carbons (Fsp3) is 0.417. The standard InChI is InChI=1S/C16H20O4.2C4H6O2/c1-2-4-13(5-3-1)6-7-14(18-11-16-12-20-16)8-17-9-15-10-19-15;2*1-3(2)4(5)6/h1-7,14-16H,8-12H2;2*1H2,2H3,(H,5,6). The Morgan fingerprint density at radius 1 is 1.03 bits per heavy atom. The van der Waals surface area contributed by atoms with Gasteiger partial charge in [0.25, 0.3) is 0 Å². The highest BCUT2D eigenvalue weighted by molar-refractivity contribution is 5.85. The van der Waals surface area contributed by atoms with E-state index in [1.54, 1.807) is 0 Å². The summed E-state index contributed by atoms with van der Waals surface area (Å²) in [6, 6.07) is 10.2. The minimum Gasteiger partial charge on any atom is -0.478 e. The molecular formula is C24H32O8. The molecule has 2 fully saturated rings. The predicted octanol–water partition coefficient (Wildman–Crippen LogP) is 3.19. The molecule has 0 radical (unpaired) electrons. The third kappa shape index (κ3) is 15.1. The smallest absolute Gasteiger partial charge is 0.330 e. The Balaban J connectivity index is 0.000000355. The Kier molecular flexibility index (Phi) is 12.9. The van der Waals surface area contributed by atoms with E-state index in [1.165, 1.54) is 13.8 Å². The highest BCUT2D eigenvalue weighted by Crippen LogP contribution is 2.13. The fourth-order valence-corrected chi connectivity index (χ4v) is 1.82. The van der Waals surface area contributed by atoms with Crippen molar-refractivity contribution in [1.82, 2.24) is 0 Å². The van der Waals surface area contributed by atoms with Gasteiger partial charge in [-0.15, -0.1) is 0 Å². The minimum absolute atomic E-state index is 0.0434. The van der Waals surface area contributed by atoms with Crippen molar-refractivity contribution in [3.63, 3.8) is 0 Å². The van der Waals surface area contributed by atoms with Gasteiger partial charge in [-0.3, -0.25) is 0 Å². The quantitative estimate of drug-likeness (QED) is 0.391. The van der Waals surface area contributed by atoms with Gasteiger partial charge in [0.15, 0.2) is 0 Å². The Labute approximate surface area is 188 Å². The van der Waals surface area contributed by atoms with Crippen LogP contribution in [0.25, 0.3) is 6.08 Å². The molecule has 1 aromatic rings. The molecule has 2 heterocycles. The zero-order valence-corrected chi connectivity index (χ0v) is 18.6. The van der Waals surface area contributed by atoms with E-state index in [0.717, 1.165) is 18.8 Å². The van der Waals surface area contributed by atoms with E-state index < -0.39 is 11.9 Å². The molecule has 0 aliphatic carbocycles. The first-order valence-corrected chi connectivity index (χ1v) is 10.1. The summed E-state index contributed by atoms with van der Waals surface area (Å²) >= 11 is 0. The Morgan fingerprint density at radius 3 is 1.94 bits per heavy atom. The molecule has 176 valence electrons. The van der Waals surface area contributed by atoms with Crippen LogP contribution in [0.15, 0.2) is 60.7 Å². The molecule has 1 aromatic carbocycles. The van der Waals surface area contributed by atoms with Gasteiger partial charge in [0.1, 0.15) is 12.2 Å². The normalized spacial score (nSPS) is 18.9. The molecule has 0 aromatic heterocycles. The van der Waals surface area contributed by atoms with E-state index in [9.17, 15) is 9.59 Å². The zero-order chi connectivity index (χ0) is 23.9. The van der Waals surface area contributed by atoms with Crippen molar-refractivity contribution in [1.29, 1.82) is 0 Å². The number of ether oxygens (including phenoxy) is 4. The van der Waals surface area contributed by atoms with Crippen LogP contribution in [0, 0.1) is 0 Å². The average Bonchev–Trinajstić information content (AvgIpc) is 3.66. The summed E-state index contributed by atoms with van der Waals surface area (Å²) in [6.07, 6.45) is 4.63. The van der Waals surface area contributed by atoms with E-state index in [-0.39, 0.29) is 23.4 Å². The Hall–Kier alpha value is -2.78. The van der Waals surface area contributed by atoms with Crippen LogP contribution in [0.2, 0.25) is 0 Å². The number of carbonyl (C=O) groups is 2. The topological polar surface area (TPSA) is 118 Å². The highest BCUT2D eigenvalue weighted by atomic mass is 16.6. The average molecular weight is 449 g/mol. The highest BCUT2D eigenvalue weighted by Gasteiger charge is 2.25. The van der Waals surface area contributed by atoms with Crippen molar-refractivity contribution in [3.8, 4) is 0 Å². The van der Waals surface area contributed by atoms with E-state index in [2.05, 4.69) is 31.4 Å². The van der Waals surface area contributed by atoms with Crippen molar-refractivity contribution < 1.29 is 38.7 Å². The van der Waals surface area contributed by atoms with Crippen molar-refractivity contribution in [3.05, 3.63) is 66.3 Å². The second kappa shape index (κ2) is 15.1. The van der Waals surface area contributed by atoms with Gasteiger partial charge in [-0.25, -0.2) is 9.59 Å². The van der Waals surface area contributed by atoms with Crippen LogP contribution in [0.3, 0.4) is 0 Å². The van der Waals surface area contributed by atoms with E-state index >= 15 is 0 Å². The third-order valence-corrected chi connectivity index (χ3v) is 3.92. The third-order valence-electron chi connectivity index (χ3n) is 3.92. The molecular weight excluding hydrogens is 416 g/mol. The lowest BCUT2D eigenvalue weighted by molar-refractivity contribution is -0.133. The van der Waals surface area contributed by atoms with E-state index in [4.69, 9.17) is 29.2 Å². The Morgan fingerprint density at radius 2 is 1.50 bits per heavy atom. The molecule has 3 rings (SSSR count). The molecule has 0 bridgehead atoms. The molecule has 0 saturated carbocycles. The molecule has 2 aliphatic rings. The largest absolute Gasteiger partial charge is 0.478 e. The number of rotatable bonds is 11. The van der Waals surface area contributed by atoms with Crippen molar-refractivity contribution in [2.75, 3.05) is 33.0 Å². The molecule has 32 heavy (non-hydrogen) atoms. The lowest BCUT2D eigenvalue weighted by atomic mass is 10.2. The number of benzene rings is 1. The van der Waals surface area contributed by atoms with Crippen LogP contribution in [0.1, 0.15) is 19.4 Å². The van der Waals surface area contributed by atoms with E-state index in [0.29, 0.717) is 25.9 Å². The van der Waals surface area contributed by atoms with E-state index in [1.807, 2.05) is 24.3 Å².